The quantitative estimate of drug-likeness (QED) is 0.639. The maximum atomic E-state index is 11.5. The Hall–Kier alpha value is -0.870. The van der Waals surface area contributed by atoms with Gasteiger partial charge in [0.05, 0.1) is 11.5 Å². The molecule has 1 atom stereocenters. The first-order valence-corrected chi connectivity index (χ1v) is 5.16. The van der Waals surface area contributed by atoms with Gasteiger partial charge in [0.2, 0.25) is 9.84 Å². The Kier molecular flexibility index (Phi) is 1.66. The molecule has 1 fully saturated rings. The lowest BCUT2D eigenvalue weighted by atomic mass is 10.4. The van der Waals surface area contributed by atoms with E-state index in [0.717, 1.165) is 0 Å². The molecule has 0 saturated carbocycles. The highest BCUT2D eigenvalue weighted by molar-refractivity contribution is 7.92. The zero-order valence-corrected chi connectivity index (χ0v) is 7.12. The minimum atomic E-state index is -3.19. The molecule has 0 bridgehead atoms. The molecule has 1 aliphatic heterocycles. The van der Waals surface area contributed by atoms with E-state index in [0.29, 0.717) is 11.5 Å². The van der Waals surface area contributed by atoms with E-state index in [1.54, 1.807) is 30.3 Å². The highest BCUT2D eigenvalue weighted by atomic mass is 32.2. The summed E-state index contributed by atoms with van der Waals surface area (Å²) in [6.45, 7) is 0.331. The molecule has 0 amide bonds. The number of hydrogen-bond acceptors (Lipinski definition) is 3. The first-order valence-electron chi connectivity index (χ1n) is 3.62. The van der Waals surface area contributed by atoms with E-state index < -0.39 is 15.3 Å². The fourth-order valence-electron chi connectivity index (χ4n) is 0.980. The first-order chi connectivity index (χ1) is 5.71. The molecule has 0 unspecified atom stereocenters. The summed E-state index contributed by atoms with van der Waals surface area (Å²) in [6.07, 6.45) is 0. The Morgan fingerprint density at radius 1 is 1.25 bits per heavy atom. The van der Waals surface area contributed by atoms with Gasteiger partial charge in [0.1, 0.15) is 0 Å². The predicted molar refractivity (Wildman–Crippen MR) is 43.4 cm³/mol. The molecule has 3 nitrogen and oxygen atoms in total. The number of rotatable bonds is 2. The van der Waals surface area contributed by atoms with Crippen LogP contribution in [-0.4, -0.2) is 20.5 Å². The van der Waals surface area contributed by atoms with Crippen LogP contribution < -0.4 is 0 Å². The molecule has 4 heteroatoms. The van der Waals surface area contributed by atoms with Crippen LogP contribution in [0, 0.1) is 0 Å². The van der Waals surface area contributed by atoms with Gasteiger partial charge in [-0.05, 0) is 12.1 Å². The summed E-state index contributed by atoms with van der Waals surface area (Å²) in [5.41, 5.74) is -0.597. The molecule has 1 aromatic carbocycles. The Labute approximate surface area is 70.9 Å². The third kappa shape index (κ3) is 1.23. The summed E-state index contributed by atoms with van der Waals surface area (Å²) in [5.74, 6) is 0. The second-order valence-electron chi connectivity index (χ2n) is 2.62. The van der Waals surface area contributed by atoms with Gasteiger partial charge in [-0.1, -0.05) is 18.2 Å². The predicted octanol–water partition coefficient (Wildman–Crippen LogP) is 0.817. The van der Waals surface area contributed by atoms with Crippen molar-refractivity contribution < 1.29 is 13.2 Å². The Morgan fingerprint density at radius 2 is 1.83 bits per heavy atom. The first kappa shape index (κ1) is 7.76. The van der Waals surface area contributed by atoms with Crippen molar-refractivity contribution in [3.63, 3.8) is 0 Å². The fraction of sp³-hybridized carbons (Fsp3) is 0.250. The van der Waals surface area contributed by atoms with Gasteiger partial charge in [0.25, 0.3) is 0 Å². The van der Waals surface area contributed by atoms with Crippen LogP contribution in [0.25, 0.3) is 0 Å². The molecular weight excluding hydrogens is 176 g/mol. The van der Waals surface area contributed by atoms with Gasteiger partial charge >= 0.3 is 0 Å². The Balaban J connectivity index is 2.42. The number of hydrogen-bond donors (Lipinski definition) is 0. The van der Waals surface area contributed by atoms with E-state index in [4.69, 9.17) is 4.74 Å². The molecule has 12 heavy (non-hydrogen) atoms. The van der Waals surface area contributed by atoms with Gasteiger partial charge in [-0.3, -0.25) is 0 Å². The van der Waals surface area contributed by atoms with Crippen LogP contribution in [0.5, 0.6) is 0 Å². The van der Waals surface area contributed by atoms with Crippen molar-refractivity contribution in [3.05, 3.63) is 30.3 Å². The van der Waals surface area contributed by atoms with E-state index in [1.807, 2.05) is 0 Å². The molecular formula is C8H8O3S. The molecule has 1 heterocycles. The largest absolute Gasteiger partial charge is 0.356 e. The van der Waals surface area contributed by atoms with Gasteiger partial charge in [-0.25, -0.2) is 8.42 Å². The Bertz CT molecular complexity index is 365. The van der Waals surface area contributed by atoms with Crippen molar-refractivity contribution in [2.45, 2.75) is 10.3 Å². The number of epoxide rings is 1. The SMILES string of the molecule is O=S(=O)(c1ccccc1)[C@@H]1CO1. The van der Waals surface area contributed by atoms with E-state index in [-0.39, 0.29) is 0 Å². The third-order valence-corrected chi connectivity index (χ3v) is 3.61. The smallest absolute Gasteiger partial charge is 0.207 e. The highest BCUT2D eigenvalue weighted by Gasteiger charge is 2.38. The monoisotopic (exact) mass is 184 g/mol. The molecule has 0 radical (unpaired) electrons. The van der Waals surface area contributed by atoms with Crippen molar-refractivity contribution in [1.29, 1.82) is 0 Å². The van der Waals surface area contributed by atoms with E-state index in [9.17, 15) is 8.42 Å². The van der Waals surface area contributed by atoms with Crippen LogP contribution in [0.3, 0.4) is 0 Å². The van der Waals surface area contributed by atoms with Crippen LogP contribution in [0.4, 0.5) is 0 Å². The van der Waals surface area contributed by atoms with Crippen molar-refractivity contribution in [1.82, 2.24) is 0 Å². The summed E-state index contributed by atoms with van der Waals surface area (Å²) >= 11 is 0. The molecule has 0 N–H and O–H groups in total. The number of ether oxygens (including phenoxy) is 1. The summed E-state index contributed by atoms with van der Waals surface area (Å²) < 4.78 is 27.7. The summed E-state index contributed by atoms with van der Waals surface area (Å²) in [5, 5.41) is 0. The van der Waals surface area contributed by atoms with Crippen LogP contribution in [0.1, 0.15) is 0 Å². The van der Waals surface area contributed by atoms with Crippen molar-refractivity contribution in [2.24, 2.45) is 0 Å². The fourth-order valence-corrected chi connectivity index (χ4v) is 2.26. The average molecular weight is 184 g/mol. The molecule has 1 saturated heterocycles. The molecule has 0 spiro atoms. The zero-order valence-electron chi connectivity index (χ0n) is 6.30. The van der Waals surface area contributed by atoms with Gasteiger partial charge in [0.15, 0.2) is 5.44 Å². The standard InChI is InChI=1S/C8H8O3S/c9-12(10,8-6-11-8)7-4-2-1-3-5-7/h1-5,8H,6H2/t8-/m1/s1. The minimum Gasteiger partial charge on any atom is -0.356 e. The summed E-state index contributed by atoms with van der Waals surface area (Å²) in [4.78, 5) is 0.340. The van der Waals surface area contributed by atoms with Crippen molar-refractivity contribution in [3.8, 4) is 0 Å². The maximum absolute atomic E-state index is 11.5. The van der Waals surface area contributed by atoms with Gasteiger partial charge in [0, 0.05) is 0 Å². The number of sulfone groups is 1. The second-order valence-corrected chi connectivity index (χ2v) is 4.71. The van der Waals surface area contributed by atoms with Crippen molar-refractivity contribution >= 4 is 9.84 Å². The molecule has 1 aliphatic rings. The van der Waals surface area contributed by atoms with E-state index in [1.165, 1.54) is 0 Å². The Morgan fingerprint density at radius 3 is 2.33 bits per heavy atom. The molecule has 64 valence electrons. The van der Waals surface area contributed by atoms with E-state index >= 15 is 0 Å². The van der Waals surface area contributed by atoms with Crippen LogP contribution >= 0.6 is 0 Å². The third-order valence-electron chi connectivity index (χ3n) is 1.72. The van der Waals surface area contributed by atoms with E-state index in [2.05, 4.69) is 0 Å². The molecule has 1 aromatic rings. The van der Waals surface area contributed by atoms with Crippen LogP contribution in [0.2, 0.25) is 0 Å². The maximum Gasteiger partial charge on any atom is 0.207 e. The zero-order chi connectivity index (χ0) is 8.60. The molecule has 2 rings (SSSR count). The average Bonchev–Trinajstić information content (AvgIpc) is 2.88. The van der Waals surface area contributed by atoms with Crippen molar-refractivity contribution in [2.75, 3.05) is 6.61 Å². The lowest BCUT2D eigenvalue weighted by Crippen LogP contribution is -2.07. The second kappa shape index (κ2) is 2.57. The van der Waals surface area contributed by atoms with Crippen LogP contribution in [0.15, 0.2) is 35.2 Å². The highest BCUT2D eigenvalue weighted by Crippen LogP contribution is 2.24. The summed E-state index contributed by atoms with van der Waals surface area (Å²) in [7, 11) is -3.19. The minimum absolute atomic E-state index is 0.331. The lowest BCUT2D eigenvalue weighted by molar-refractivity contribution is 0.445. The molecule has 0 aliphatic carbocycles. The topological polar surface area (TPSA) is 46.7 Å². The van der Waals surface area contributed by atoms with Gasteiger partial charge in [-0.15, -0.1) is 0 Å². The normalized spacial score (nSPS) is 22.2. The van der Waals surface area contributed by atoms with Gasteiger partial charge < -0.3 is 4.74 Å². The number of benzene rings is 1. The lowest BCUT2D eigenvalue weighted by Gasteiger charge is -1.98. The summed E-state index contributed by atoms with van der Waals surface area (Å²) in [6, 6.07) is 8.35. The molecule has 0 aromatic heterocycles. The van der Waals surface area contributed by atoms with Gasteiger partial charge in [-0.2, -0.15) is 0 Å². The van der Waals surface area contributed by atoms with Crippen LogP contribution in [-0.2, 0) is 14.6 Å².